The lowest BCUT2D eigenvalue weighted by molar-refractivity contribution is 0.192. The van der Waals surface area contributed by atoms with E-state index in [2.05, 4.69) is 15.3 Å². The number of anilines is 2. The fraction of sp³-hybridized carbons (Fsp3) is 0.462. The molecule has 0 radical (unpaired) electrons. The number of aromatic nitrogens is 2. The Labute approximate surface area is 107 Å². The first-order valence-electron chi connectivity index (χ1n) is 6.27. The van der Waals surface area contributed by atoms with Gasteiger partial charge in [-0.1, -0.05) is 0 Å². The van der Waals surface area contributed by atoms with Crippen LogP contribution < -0.4 is 11.1 Å². The quantitative estimate of drug-likeness (QED) is 0.519. The summed E-state index contributed by atoms with van der Waals surface area (Å²) in [7, 11) is 1.73. The normalized spacial score (nSPS) is 10.9. The zero-order chi connectivity index (χ0) is 12.8. The van der Waals surface area contributed by atoms with Gasteiger partial charge in [0.05, 0.1) is 11.0 Å². The summed E-state index contributed by atoms with van der Waals surface area (Å²) in [5, 5.41) is 3.28. The number of imidazole rings is 1. The molecule has 0 atom stereocenters. The molecule has 5 nitrogen and oxygen atoms in total. The van der Waals surface area contributed by atoms with Gasteiger partial charge in [0.2, 0.25) is 5.95 Å². The topological polar surface area (TPSA) is 76.0 Å². The van der Waals surface area contributed by atoms with Gasteiger partial charge in [-0.05, 0) is 37.5 Å². The molecule has 0 bridgehead atoms. The first-order valence-corrected chi connectivity index (χ1v) is 6.27. The van der Waals surface area contributed by atoms with Crippen molar-refractivity contribution in [3.8, 4) is 0 Å². The number of nitrogen functional groups attached to an aromatic ring is 1. The number of benzene rings is 1. The summed E-state index contributed by atoms with van der Waals surface area (Å²) < 4.78 is 5.01. The smallest absolute Gasteiger partial charge is 0.201 e. The zero-order valence-electron chi connectivity index (χ0n) is 10.7. The van der Waals surface area contributed by atoms with Gasteiger partial charge in [-0.2, -0.15) is 0 Å². The number of unbranched alkanes of at least 4 members (excludes halogenated alkanes) is 2. The molecule has 0 aliphatic rings. The van der Waals surface area contributed by atoms with Gasteiger partial charge in [0.15, 0.2) is 0 Å². The molecule has 0 unspecified atom stereocenters. The summed E-state index contributed by atoms with van der Waals surface area (Å²) >= 11 is 0. The molecule has 2 rings (SSSR count). The van der Waals surface area contributed by atoms with Crippen molar-refractivity contribution >= 4 is 22.7 Å². The minimum atomic E-state index is 0.747. The van der Waals surface area contributed by atoms with Gasteiger partial charge < -0.3 is 20.8 Å². The fourth-order valence-electron chi connectivity index (χ4n) is 1.87. The second-order valence-corrected chi connectivity index (χ2v) is 4.34. The monoisotopic (exact) mass is 248 g/mol. The van der Waals surface area contributed by atoms with Crippen molar-refractivity contribution in [2.24, 2.45) is 0 Å². The molecule has 0 aliphatic carbocycles. The van der Waals surface area contributed by atoms with Crippen LogP contribution in [0.15, 0.2) is 18.2 Å². The van der Waals surface area contributed by atoms with Crippen molar-refractivity contribution in [2.75, 3.05) is 31.3 Å². The average molecular weight is 248 g/mol. The highest BCUT2D eigenvalue weighted by molar-refractivity contribution is 5.80. The summed E-state index contributed by atoms with van der Waals surface area (Å²) in [6, 6.07) is 5.68. The summed E-state index contributed by atoms with van der Waals surface area (Å²) in [6.45, 7) is 1.75. The van der Waals surface area contributed by atoms with Crippen LogP contribution in [0, 0.1) is 0 Å². The van der Waals surface area contributed by atoms with Crippen LogP contribution in [0.2, 0.25) is 0 Å². The van der Waals surface area contributed by atoms with E-state index in [0.717, 1.165) is 55.1 Å². The number of hydrogen-bond acceptors (Lipinski definition) is 4. The lowest BCUT2D eigenvalue weighted by atomic mass is 10.2. The second kappa shape index (κ2) is 6.26. The molecule has 0 amide bonds. The van der Waals surface area contributed by atoms with Crippen LogP contribution >= 0.6 is 0 Å². The van der Waals surface area contributed by atoms with E-state index in [9.17, 15) is 0 Å². The number of methoxy groups -OCH3 is 1. The van der Waals surface area contributed by atoms with Crippen LogP contribution in [0.5, 0.6) is 0 Å². The highest BCUT2D eigenvalue weighted by Gasteiger charge is 2.01. The lowest BCUT2D eigenvalue weighted by Gasteiger charge is -2.02. The lowest BCUT2D eigenvalue weighted by Crippen LogP contribution is -2.03. The van der Waals surface area contributed by atoms with E-state index in [-0.39, 0.29) is 0 Å². The summed E-state index contributed by atoms with van der Waals surface area (Å²) in [5.74, 6) is 0.808. The van der Waals surface area contributed by atoms with Crippen molar-refractivity contribution in [2.45, 2.75) is 19.3 Å². The first kappa shape index (κ1) is 12.7. The maximum atomic E-state index is 5.72. The van der Waals surface area contributed by atoms with E-state index in [1.165, 1.54) is 0 Å². The average Bonchev–Trinajstić information content (AvgIpc) is 2.75. The summed E-state index contributed by atoms with van der Waals surface area (Å²) in [4.78, 5) is 7.65. The molecule has 4 N–H and O–H groups in total. The SMILES string of the molecule is COCCCCCNc1nc2ccc(N)cc2[nH]1. The van der Waals surface area contributed by atoms with Crippen LogP contribution in [-0.4, -0.2) is 30.2 Å². The Hall–Kier alpha value is -1.75. The molecular weight excluding hydrogens is 228 g/mol. The molecule has 0 saturated heterocycles. The third kappa shape index (κ3) is 3.37. The van der Waals surface area contributed by atoms with Gasteiger partial charge in [-0.15, -0.1) is 0 Å². The van der Waals surface area contributed by atoms with Crippen LogP contribution in [0.4, 0.5) is 11.6 Å². The molecule has 1 aromatic heterocycles. The number of nitrogens with one attached hydrogen (secondary N) is 2. The van der Waals surface area contributed by atoms with E-state index >= 15 is 0 Å². The van der Waals surface area contributed by atoms with Crippen molar-refractivity contribution in [3.63, 3.8) is 0 Å². The van der Waals surface area contributed by atoms with Crippen molar-refractivity contribution in [1.29, 1.82) is 0 Å². The van der Waals surface area contributed by atoms with Gasteiger partial charge in [0, 0.05) is 25.9 Å². The molecular formula is C13H20N4O. The van der Waals surface area contributed by atoms with Gasteiger partial charge >= 0.3 is 0 Å². The molecule has 0 fully saturated rings. The number of aromatic amines is 1. The van der Waals surface area contributed by atoms with Crippen molar-refractivity contribution in [1.82, 2.24) is 9.97 Å². The molecule has 0 saturated carbocycles. The third-order valence-corrected chi connectivity index (χ3v) is 2.82. The number of ether oxygens (including phenoxy) is 1. The Kier molecular flexibility index (Phi) is 4.41. The molecule has 98 valence electrons. The third-order valence-electron chi connectivity index (χ3n) is 2.82. The number of nitrogens with two attached hydrogens (primary N) is 1. The highest BCUT2D eigenvalue weighted by Crippen LogP contribution is 2.17. The maximum Gasteiger partial charge on any atom is 0.201 e. The Balaban J connectivity index is 1.81. The molecule has 5 heteroatoms. The van der Waals surface area contributed by atoms with E-state index in [4.69, 9.17) is 10.5 Å². The molecule has 1 heterocycles. The van der Waals surface area contributed by atoms with Crippen LogP contribution in [-0.2, 0) is 4.74 Å². The minimum absolute atomic E-state index is 0.747. The zero-order valence-corrected chi connectivity index (χ0v) is 10.7. The highest BCUT2D eigenvalue weighted by atomic mass is 16.5. The number of fused-ring (bicyclic) bond motifs is 1. The maximum absolute atomic E-state index is 5.72. The number of hydrogen-bond donors (Lipinski definition) is 3. The fourth-order valence-corrected chi connectivity index (χ4v) is 1.87. The predicted octanol–water partition coefficient (Wildman–Crippen LogP) is 2.37. The van der Waals surface area contributed by atoms with E-state index < -0.39 is 0 Å². The van der Waals surface area contributed by atoms with Crippen LogP contribution in [0.25, 0.3) is 11.0 Å². The Morgan fingerprint density at radius 3 is 3.06 bits per heavy atom. The molecule has 2 aromatic rings. The minimum Gasteiger partial charge on any atom is -0.399 e. The summed E-state index contributed by atoms with van der Waals surface area (Å²) in [6.07, 6.45) is 3.38. The molecule has 18 heavy (non-hydrogen) atoms. The van der Waals surface area contributed by atoms with Gasteiger partial charge in [-0.3, -0.25) is 0 Å². The number of nitrogens with zero attached hydrogens (tertiary/aromatic N) is 1. The van der Waals surface area contributed by atoms with Crippen molar-refractivity contribution in [3.05, 3.63) is 18.2 Å². The van der Waals surface area contributed by atoms with E-state index in [1.54, 1.807) is 7.11 Å². The second-order valence-electron chi connectivity index (χ2n) is 4.34. The van der Waals surface area contributed by atoms with Crippen LogP contribution in [0.1, 0.15) is 19.3 Å². The summed E-state index contributed by atoms with van der Waals surface area (Å²) in [5.41, 5.74) is 8.37. The Morgan fingerprint density at radius 2 is 2.22 bits per heavy atom. The van der Waals surface area contributed by atoms with Crippen molar-refractivity contribution < 1.29 is 4.74 Å². The molecule has 1 aromatic carbocycles. The van der Waals surface area contributed by atoms with Gasteiger partial charge in [0.1, 0.15) is 0 Å². The first-order chi connectivity index (χ1) is 8.79. The standard InChI is InChI=1S/C13H20N4O/c1-18-8-4-2-3-7-15-13-16-11-6-5-10(14)9-12(11)17-13/h5-6,9H,2-4,7-8,14H2,1H3,(H2,15,16,17). The predicted molar refractivity (Wildman–Crippen MR) is 74.7 cm³/mol. The number of H-pyrrole nitrogens is 1. The largest absolute Gasteiger partial charge is 0.399 e. The Bertz CT molecular complexity index is 495. The van der Waals surface area contributed by atoms with Gasteiger partial charge in [0.25, 0.3) is 0 Å². The van der Waals surface area contributed by atoms with Crippen LogP contribution in [0.3, 0.4) is 0 Å². The van der Waals surface area contributed by atoms with E-state index in [0.29, 0.717) is 0 Å². The molecule has 0 spiro atoms. The van der Waals surface area contributed by atoms with Gasteiger partial charge in [-0.25, -0.2) is 4.98 Å². The molecule has 0 aliphatic heterocycles. The number of rotatable bonds is 7. The Morgan fingerprint density at radius 1 is 1.33 bits per heavy atom. The van der Waals surface area contributed by atoms with E-state index in [1.807, 2.05) is 18.2 Å².